The Kier molecular flexibility index (Phi) is 7.76. The lowest BCUT2D eigenvalue weighted by Crippen LogP contribution is -2.19. The van der Waals surface area contributed by atoms with Gasteiger partial charge in [0.2, 0.25) is 5.76 Å². The molecule has 1 heterocycles. The summed E-state index contributed by atoms with van der Waals surface area (Å²) < 4.78 is 16.9. The second kappa shape index (κ2) is 9.81. The molecule has 2 rings (SSSR count). The number of rotatable bonds is 10. The average Bonchev–Trinajstić information content (AvgIpc) is 2.94. The van der Waals surface area contributed by atoms with Crippen molar-refractivity contribution in [1.82, 2.24) is 5.32 Å². The van der Waals surface area contributed by atoms with Crippen molar-refractivity contribution in [3.05, 3.63) is 28.7 Å². The monoisotopic (exact) mass is 363 g/mol. The molecule has 1 aromatic heterocycles. The van der Waals surface area contributed by atoms with Gasteiger partial charge in [-0.2, -0.15) is 0 Å². The third kappa shape index (κ3) is 5.13. The molecule has 0 fully saturated rings. The summed E-state index contributed by atoms with van der Waals surface area (Å²) in [6.07, 6.45) is 6.58. The van der Waals surface area contributed by atoms with Gasteiger partial charge in [0.05, 0.1) is 12.2 Å². The van der Waals surface area contributed by atoms with E-state index in [4.69, 9.17) is 13.9 Å². The van der Waals surface area contributed by atoms with Gasteiger partial charge in [-0.15, -0.1) is 0 Å². The zero-order valence-corrected chi connectivity index (χ0v) is 16.8. The molecule has 1 N–H and O–H groups in total. The van der Waals surface area contributed by atoms with Gasteiger partial charge in [-0.05, 0) is 45.2 Å². The number of esters is 1. The highest BCUT2D eigenvalue weighted by Gasteiger charge is 2.31. The smallest absolute Gasteiger partial charge is 0.374 e. The highest BCUT2D eigenvalue weighted by molar-refractivity contribution is 5.90. The van der Waals surface area contributed by atoms with Gasteiger partial charge in [-0.25, -0.2) is 4.79 Å². The molecule has 0 aromatic carbocycles. The van der Waals surface area contributed by atoms with Crippen molar-refractivity contribution < 1.29 is 18.7 Å². The van der Waals surface area contributed by atoms with Crippen LogP contribution < -0.4 is 5.32 Å². The molecule has 1 aliphatic carbocycles. The van der Waals surface area contributed by atoms with E-state index < -0.39 is 5.97 Å². The molecule has 1 atom stereocenters. The SMILES string of the molecule is CCOC(=O)c1oc2c(c1C)C(OCNCCCCC(C)C)=CCC2C. The molecule has 0 saturated heterocycles. The Bertz CT molecular complexity index is 630. The van der Waals surface area contributed by atoms with E-state index in [0.29, 0.717) is 19.1 Å². The number of unbranched alkanes of at least 4 members (excludes halogenated alkanes) is 1. The number of carbonyl (C=O) groups is 1. The normalized spacial score (nSPS) is 16.4. The molecule has 26 heavy (non-hydrogen) atoms. The van der Waals surface area contributed by atoms with E-state index in [0.717, 1.165) is 48.0 Å². The second-order valence-corrected chi connectivity index (χ2v) is 7.40. The van der Waals surface area contributed by atoms with Crippen LogP contribution in [-0.2, 0) is 9.47 Å². The molecule has 1 aliphatic rings. The van der Waals surface area contributed by atoms with Gasteiger partial charge in [-0.3, -0.25) is 5.32 Å². The number of allylic oxidation sites excluding steroid dienone is 1. The average molecular weight is 363 g/mol. The van der Waals surface area contributed by atoms with Crippen LogP contribution in [0.5, 0.6) is 0 Å². The fourth-order valence-electron chi connectivity index (χ4n) is 3.21. The minimum atomic E-state index is -0.408. The van der Waals surface area contributed by atoms with Gasteiger partial charge < -0.3 is 13.9 Å². The Morgan fingerprint density at radius 3 is 2.85 bits per heavy atom. The first kappa shape index (κ1) is 20.6. The molecule has 1 aromatic rings. The maximum Gasteiger partial charge on any atom is 0.374 e. The van der Waals surface area contributed by atoms with E-state index in [1.54, 1.807) is 6.92 Å². The van der Waals surface area contributed by atoms with Crippen LogP contribution in [0.25, 0.3) is 5.76 Å². The standard InChI is InChI=1S/C21H33NO4/c1-6-24-21(23)20-16(5)18-17(11-10-15(4)19(18)26-20)25-13-22-12-8-7-9-14(2)3/h11,14-15,22H,6-10,12-13H2,1-5H3. The summed E-state index contributed by atoms with van der Waals surface area (Å²) in [5, 5.41) is 3.33. The summed E-state index contributed by atoms with van der Waals surface area (Å²) in [5.74, 6) is 2.49. The van der Waals surface area contributed by atoms with Gasteiger partial charge in [-0.1, -0.05) is 33.6 Å². The van der Waals surface area contributed by atoms with Crippen LogP contribution >= 0.6 is 0 Å². The number of hydrogen-bond acceptors (Lipinski definition) is 5. The van der Waals surface area contributed by atoms with Crippen molar-refractivity contribution in [3.8, 4) is 0 Å². The number of hydrogen-bond donors (Lipinski definition) is 1. The lowest BCUT2D eigenvalue weighted by atomic mass is 9.92. The lowest BCUT2D eigenvalue weighted by Gasteiger charge is -2.19. The number of carbonyl (C=O) groups excluding carboxylic acids is 1. The largest absolute Gasteiger partial charge is 0.478 e. The summed E-state index contributed by atoms with van der Waals surface area (Å²) in [7, 11) is 0. The highest BCUT2D eigenvalue weighted by atomic mass is 16.5. The summed E-state index contributed by atoms with van der Waals surface area (Å²) >= 11 is 0. The van der Waals surface area contributed by atoms with Crippen molar-refractivity contribution in [3.63, 3.8) is 0 Å². The molecule has 0 bridgehead atoms. The molecule has 0 aliphatic heterocycles. The van der Waals surface area contributed by atoms with Crippen LogP contribution in [0, 0.1) is 12.8 Å². The molecular weight excluding hydrogens is 330 g/mol. The molecular formula is C21H33NO4. The zero-order valence-electron chi connectivity index (χ0n) is 16.8. The van der Waals surface area contributed by atoms with Gasteiger partial charge in [0.1, 0.15) is 18.3 Å². The molecule has 0 radical (unpaired) electrons. The fraction of sp³-hybridized carbons (Fsp3) is 0.667. The third-order valence-electron chi connectivity index (χ3n) is 4.70. The van der Waals surface area contributed by atoms with E-state index in [9.17, 15) is 4.79 Å². The second-order valence-electron chi connectivity index (χ2n) is 7.40. The van der Waals surface area contributed by atoms with Crippen LogP contribution in [0.15, 0.2) is 10.5 Å². The summed E-state index contributed by atoms with van der Waals surface area (Å²) in [5.41, 5.74) is 1.71. The first-order valence-electron chi connectivity index (χ1n) is 9.80. The number of fused-ring (bicyclic) bond motifs is 1. The molecule has 0 spiro atoms. The van der Waals surface area contributed by atoms with Gasteiger partial charge in [0.15, 0.2) is 0 Å². The van der Waals surface area contributed by atoms with Crippen molar-refractivity contribution >= 4 is 11.7 Å². The molecule has 5 nitrogen and oxygen atoms in total. The predicted octanol–water partition coefficient (Wildman–Crippen LogP) is 5.00. The Morgan fingerprint density at radius 2 is 2.15 bits per heavy atom. The Labute approximate surface area is 157 Å². The zero-order chi connectivity index (χ0) is 19.1. The molecule has 0 amide bonds. The van der Waals surface area contributed by atoms with Crippen molar-refractivity contribution in [2.45, 2.75) is 66.2 Å². The van der Waals surface area contributed by atoms with Gasteiger partial charge in [0, 0.05) is 11.5 Å². The molecule has 146 valence electrons. The van der Waals surface area contributed by atoms with E-state index >= 15 is 0 Å². The summed E-state index contributed by atoms with van der Waals surface area (Å²) in [4.78, 5) is 12.1. The van der Waals surface area contributed by atoms with E-state index in [1.807, 2.05) is 6.92 Å². The third-order valence-corrected chi connectivity index (χ3v) is 4.70. The van der Waals surface area contributed by atoms with Gasteiger partial charge >= 0.3 is 5.97 Å². The van der Waals surface area contributed by atoms with Gasteiger partial charge in [0.25, 0.3) is 0 Å². The maximum atomic E-state index is 12.1. The van der Waals surface area contributed by atoms with E-state index in [-0.39, 0.29) is 5.92 Å². The van der Waals surface area contributed by atoms with Crippen molar-refractivity contribution in [2.24, 2.45) is 5.92 Å². The van der Waals surface area contributed by atoms with Crippen LogP contribution in [0.2, 0.25) is 0 Å². The maximum absolute atomic E-state index is 12.1. The van der Waals surface area contributed by atoms with Crippen LogP contribution in [0.4, 0.5) is 0 Å². The molecule has 0 saturated carbocycles. The van der Waals surface area contributed by atoms with Crippen molar-refractivity contribution in [2.75, 3.05) is 19.9 Å². The van der Waals surface area contributed by atoms with Crippen LogP contribution in [0.1, 0.15) is 86.7 Å². The minimum Gasteiger partial charge on any atom is -0.478 e. The number of furan rings is 1. The predicted molar refractivity (Wildman–Crippen MR) is 103 cm³/mol. The highest BCUT2D eigenvalue weighted by Crippen LogP contribution is 2.40. The van der Waals surface area contributed by atoms with Crippen molar-refractivity contribution in [1.29, 1.82) is 0 Å². The fourth-order valence-corrected chi connectivity index (χ4v) is 3.21. The Morgan fingerprint density at radius 1 is 1.38 bits per heavy atom. The first-order valence-corrected chi connectivity index (χ1v) is 9.80. The Hall–Kier alpha value is -1.75. The van der Waals surface area contributed by atoms with E-state index in [1.165, 1.54) is 12.8 Å². The Balaban J connectivity index is 1.95. The number of nitrogens with one attached hydrogen (secondary N) is 1. The summed E-state index contributed by atoms with van der Waals surface area (Å²) in [6.45, 7) is 12.0. The first-order chi connectivity index (χ1) is 12.5. The molecule has 1 unspecified atom stereocenters. The topological polar surface area (TPSA) is 60.7 Å². The summed E-state index contributed by atoms with van der Waals surface area (Å²) in [6, 6.07) is 0. The quantitative estimate of drug-likeness (QED) is 0.360. The lowest BCUT2D eigenvalue weighted by molar-refractivity contribution is 0.0486. The molecule has 5 heteroatoms. The van der Waals surface area contributed by atoms with Crippen LogP contribution in [-0.4, -0.2) is 25.9 Å². The number of ether oxygens (including phenoxy) is 2. The van der Waals surface area contributed by atoms with E-state index in [2.05, 4.69) is 32.2 Å². The minimum absolute atomic E-state index is 0.225. The van der Waals surface area contributed by atoms with Crippen LogP contribution in [0.3, 0.4) is 0 Å².